The van der Waals surface area contributed by atoms with E-state index < -0.39 is 18.0 Å². The zero-order valence-electron chi connectivity index (χ0n) is 14.7. The van der Waals surface area contributed by atoms with Crippen LogP contribution in [0.4, 0.5) is 11.4 Å². The van der Waals surface area contributed by atoms with Crippen LogP contribution in [-0.2, 0) is 25.5 Å². The topological polar surface area (TPSA) is 84.5 Å². The van der Waals surface area contributed by atoms with E-state index in [-0.39, 0.29) is 12.3 Å². The number of amides is 2. The first-order valence-corrected chi connectivity index (χ1v) is 8.82. The Kier molecular flexibility index (Phi) is 7.21. The molecule has 6 nitrogen and oxygen atoms in total. The summed E-state index contributed by atoms with van der Waals surface area (Å²) in [6, 6.07) is 11.3. The summed E-state index contributed by atoms with van der Waals surface area (Å²) in [7, 11) is 0. The molecule has 0 radical (unpaired) electrons. The first kappa shape index (κ1) is 20.7. The van der Waals surface area contributed by atoms with Crippen LogP contribution < -0.4 is 10.6 Å². The van der Waals surface area contributed by atoms with Gasteiger partial charge in [-0.2, -0.15) is 0 Å². The van der Waals surface area contributed by atoms with Gasteiger partial charge < -0.3 is 15.4 Å². The van der Waals surface area contributed by atoms with E-state index in [0.29, 0.717) is 27.0 Å². The van der Waals surface area contributed by atoms with Crippen molar-refractivity contribution >= 4 is 52.4 Å². The minimum Gasteiger partial charge on any atom is -0.452 e. The minimum atomic E-state index is -0.987. The van der Waals surface area contributed by atoms with Gasteiger partial charge in [-0.25, -0.2) is 0 Å². The fraction of sp³-hybridized carbons (Fsp3) is 0.211. The van der Waals surface area contributed by atoms with Crippen molar-refractivity contribution in [2.24, 2.45) is 0 Å². The SMILES string of the molecule is CC(=O)Nc1ccc(NC(=O)[C@@H](C)OC(=O)Cc2ccc(Cl)cc2Cl)cc1. The highest BCUT2D eigenvalue weighted by atomic mass is 35.5. The largest absolute Gasteiger partial charge is 0.452 e. The molecule has 2 N–H and O–H groups in total. The van der Waals surface area contributed by atoms with E-state index in [9.17, 15) is 14.4 Å². The van der Waals surface area contributed by atoms with E-state index in [1.165, 1.54) is 19.9 Å². The zero-order chi connectivity index (χ0) is 20.0. The fourth-order valence-corrected chi connectivity index (χ4v) is 2.67. The van der Waals surface area contributed by atoms with E-state index in [1.807, 2.05) is 0 Å². The van der Waals surface area contributed by atoms with Gasteiger partial charge in [-0.3, -0.25) is 14.4 Å². The molecule has 0 aliphatic heterocycles. The van der Waals surface area contributed by atoms with Crippen LogP contribution in [-0.4, -0.2) is 23.9 Å². The monoisotopic (exact) mass is 408 g/mol. The van der Waals surface area contributed by atoms with Crippen LogP contribution in [0.25, 0.3) is 0 Å². The lowest BCUT2D eigenvalue weighted by molar-refractivity contribution is -0.152. The van der Waals surface area contributed by atoms with Crippen LogP contribution in [0.5, 0.6) is 0 Å². The van der Waals surface area contributed by atoms with E-state index in [2.05, 4.69) is 10.6 Å². The van der Waals surface area contributed by atoms with Crippen molar-refractivity contribution in [3.63, 3.8) is 0 Å². The number of halogens is 2. The van der Waals surface area contributed by atoms with E-state index in [1.54, 1.807) is 36.4 Å². The summed E-state index contributed by atoms with van der Waals surface area (Å²) in [5.41, 5.74) is 1.69. The number of ether oxygens (including phenoxy) is 1. The van der Waals surface area contributed by atoms with Crippen LogP contribution in [0.3, 0.4) is 0 Å². The Morgan fingerprint density at radius 3 is 2.15 bits per heavy atom. The zero-order valence-corrected chi connectivity index (χ0v) is 16.2. The molecule has 0 saturated heterocycles. The van der Waals surface area contributed by atoms with Crippen molar-refractivity contribution in [1.82, 2.24) is 0 Å². The predicted molar refractivity (Wildman–Crippen MR) is 105 cm³/mol. The smallest absolute Gasteiger partial charge is 0.311 e. The van der Waals surface area contributed by atoms with Gasteiger partial charge in [-0.1, -0.05) is 29.3 Å². The average molecular weight is 409 g/mol. The highest BCUT2D eigenvalue weighted by Gasteiger charge is 2.19. The summed E-state index contributed by atoms with van der Waals surface area (Å²) in [5, 5.41) is 6.09. The molecule has 1 atom stereocenters. The number of benzene rings is 2. The second-order valence-electron chi connectivity index (χ2n) is 5.79. The van der Waals surface area contributed by atoms with Gasteiger partial charge in [0.2, 0.25) is 5.91 Å². The standard InChI is InChI=1S/C19H18Cl2N2O4/c1-11(27-18(25)9-13-3-4-14(20)10-17(13)21)19(26)23-16-7-5-15(6-8-16)22-12(2)24/h3-8,10-11H,9H2,1-2H3,(H,22,24)(H,23,26)/t11-/m1/s1. The van der Waals surface area contributed by atoms with Crippen molar-refractivity contribution in [3.05, 3.63) is 58.1 Å². The van der Waals surface area contributed by atoms with Crippen LogP contribution in [0.15, 0.2) is 42.5 Å². The molecule has 0 aliphatic carbocycles. The van der Waals surface area contributed by atoms with Gasteiger partial charge in [0, 0.05) is 28.3 Å². The molecule has 0 fully saturated rings. The maximum Gasteiger partial charge on any atom is 0.311 e. The van der Waals surface area contributed by atoms with E-state index in [0.717, 1.165) is 0 Å². The highest BCUT2D eigenvalue weighted by Crippen LogP contribution is 2.22. The lowest BCUT2D eigenvalue weighted by Gasteiger charge is -2.14. The summed E-state index contributed by atoms with van der Waals surface area (Å²) in [6.45, 7) is 2.88. The third-order valence-corrected chi connectivity index (χ3v) is 4.09. The normalized spacial score (nSPS) is 11.4. The molecule has 0 heterocycles. The number of nitrogens with one attached hydrogen (secondary N) is 2. The van der Waals surface area contributed by atoms with Gasteiger partial charge in [0.25, 0.3) is 5.91 Å². The summed E-state index contributed by atoms with van der Waals surface area (Å²) >= 11 is 11.8. The van der Waals surface area contributed by atoms with E-state index in [4.69, 9.17) is 27.9 Å². The Labute approximate surface area is 166 Å². The number of carbonyl (C=O) groups excluding carboxylic acids is 3. The molecule has 0 saturated carbocycles. The molecule has 2 aromatic carbocycles. The Bertz CT molecular complexity index is 853. The first-order chi connectivity index (χ1) is 12.7. The van der Waals surface area contributed by atoms with Crippen molar-refractivity contribution < 1.29 is 19.1 Å². The molecule has 0 aliphatic rings. The average Bonchev–Trinajstić information content (AvgIpc) is 2.58. The van der Waals surface area contributed by atoms with Gasteiger partial charge >= 0.3 is 5.97 Å². The third-order valence-electron chi connectivity index (χ3n) is 3.50. The molecule has 2 aromatic rings. The molecular weight excluding hydrogens is 391 g/mol. The van der Waals surface area contributed by atoms with Crippen LogP contribution in [0.1, 0.15) is 19.4 Å². The number of hydrogen-bond acceptors (Lipinski definition) is 4. The van der Waals surface area contributed by atoms with Gasteiger partial charge in [0.1, 0.15) is 0 Å². The minimum absolute atomic E-state index is 0.0704. The van der Waals surface area contributed by atoms with Crippen molar-refractivity contribution in [2.45, 2.75) is 26.4 Å². The Hall–Kier alpha value is -2.57. The molecular formula is C19H18Cl2N2O4. The van der Waals surface area contributed by atoms with Gasteiger partial charge in [-0.05, 0) is 48.9 Å². The summed E-state index contributed by atoms with van der Waals surface area (Å²) in [5.74, 6) is -1.24. The number of rotatable bonds is 6. The molecule has 142 valence electrons. The van der Waals surface area contributed by atoms with Gasteiger partial charge in [0.15, 0.2) is 6.10 Å². The van der Waals surface area contributed by atoms with Gasteiger partial charge in [-0.15, -0.1) is 0 Å². The summed E-state index contributed by atoms with van der Waals surface area (Å²) < 4.78 is 5.15. The highest BCUT2D eigenvalue weighted by molar-refractivity contribution is 6.35. The second kappa shape index (κ2) is 9.39. The maximum absolute atomic E-state index is 12.2. The molecule has 0 spiro atoms. The maximum atomic E-state index is 12.2. The summed E-state index contributed by atoms with van der Waals surface area (Å²) in [4.78, 5) is 35.2. The third kappa shape index (κ3) is 6.58. The molecule has 0 aromatic heterocycles. The van der Waals surface area contributed by atoms with Crippen molar-refractivity contribution in [2.75, 3.05) is 10.6 Å². The van der Waals surface area contributed by atoms with Crippen molar-refractivity contribution in [3.8, 4) is 0 Å². The number of anilines is 2. The molecule has 0 unspecified atom stereocenters. The molecule has 2 amide bonds. The number of hydrogen-bond donors (Lipinski definition) is 2. The molecule has 27 heavy (non-hydrogen) atoms. The Morgan fingerprint density at radius 2 is 1.59 bits per heavy atom. The molecule has 2 rings (SSSR count). The number of carbonyl (C=O) groups is 3. The van der Waals surface area contributed by atoms with Crippen LogP contribution in [0, 0.1) is 0 Å². The lowest BCUT2D eigenvalue weighted by Crippen LogP contribution is -2.30. The van der Waals surface area contributed by atoms with Gasteiger partial charge in [0.05, 0.1) is 6.42 Å². The molecule has 8 heteroatoms. The molecule has 0 bridgehead atoms. The Morgan fingerprint density at radius 1 is 1.00 bits per heavy atom. The second-order valence-corrected chi connectivity index (χ2v) is 6.64. The fourth-order valence-electron chi connectivity index (χ4n) is 2.20. The lowest BCUT2D eigenvalue weighted by atomic mass is 10.1. The first-order valence-electron chi connectivity index (χ1n) is 8.06. The summed E-state index contributed by atoms with van der Waals surface area (Å²) in [6.07, 6.45) is -1.06. The van der Waals surface area contributed by atoms with Crippen molar-refractivity contribution in [1.29, 1.82) is 0 Å². The van der Waals surface area contributed by atoms with Crippen LogP contribution in [0.2, 0.25) is 10.0 Å². The predicted octanol–water partition coefficient (Wildman–Crippen LogP) is 4.06. The Balaban J connectivity index is 1.89. The van der Waals surface area contributed by atoms with E-state index >= 15 is 0 Å². The number of esters is 1. The van der Waals surface area contributed by atoms with Crippen LogP contribution >= 0.6 is 23.2 Å². The quantitative estimate of drug-likeness (QED) is 0.705.